The molecule has 1 aliphatic carbocycles. The first-order chi connectivity index (χ1) is 13.1. The minimum Gasteiger partial charge on any atom is -0.446 e. The Morgan fingerprint density at radius 1 is 1.25 bits per heavy atom. The number of hydrogen-bond donors (Lipinski definition) is 0. The maximum Gasteiger partial charge on any atom is 0.416 e. The maximum absolute atomic E-state index is 13.2. The Hall–Kier alpha value is -1.87. The summed E-state index contributed by atoms with van der Waals surface area (Å²) in [6.45, 7) is 1.70. The average Bonchev–Trinajstić information content (AvgIpc) is 3.38. The predicted molar refractivity (Wildman–Crippen MR) is 93.4 cm³/mol. The topological polar surface area (TPSA) is 69.4 Å². The number of sulfone groups is 1. The maximum atomic E-state index is 13.2. The fourth-order valence-electron chi connectivity index (χ4n) is 3.51. The van der Waals surface area contributed by atoms with E-state index in [1.165, 1.54) is 6.07 Å². The standard InChI is InChI=1S/C19H20F3NO4S/c1-18(28(24,25)14-4-2-3-13(9-14)19(20,21)22)7-8-26-16(10-18)17-23-15(11-27-17)12-5-6-12/h2-4,9,11-12,16H,5-8,10H2,1H3. The van der Waals surface area contributed by atoms with Crippen molar-refractivity contribution in [1.29, 1.82) is 0 Å². The molecule has 2 atom stereocenters. The first kappa shape index (κ1) is 19.4. The minimum atomic E-state index is -4.61. The number of halogens is 3. The van der Waals surface area contributed by atoms with Crippen molar-refractivity contribution in [3.05, 3.63) is 47.7 Å². The molecule has 9 heteroatoms. The van der Waals surface area contributed by atoms with Crippen LogP contribution in [0, 0.1) is 0 Å². The lowest BCUT2D eigenvalue weighted by Gasteiger charge is -2.36. The third-order valence-electron chi connectivity index (χ3n) is 5.50. The summed E-state index contributed by atoms with van der Waals surface area (Å²) in [5, 5.41) is 0. The van der Waals surface area contributed by atoms with Gasteiger partial charge in [0.2, 0.25) is 5.89 Å². The number of nitrogens with zero attached hydrogens (tertiary/aromatic N) is 1. The molecule has 2 fully saturated rings. The number of alkyl halides is 3. The van der Waals surface area contributed by atoms with Crippen molar-refractivity contribution in [2.75, 3.05) is 6.61 Å². The molecule has 4 rings (SSSR count). The van der Waals surface area contributed by atoms with Gasteiger partial charge in [0.15, 0.2) is 9.84 Å². The third-order valence-corrected chi connectivity index (χ3v) is 8.04. The van der Waals surface area contributed by atoms with Crippen LogP contribution in [0.2, 0.25) is 0 Å². The molecule has 1 aromatic heterocycles. The van der Waals surface area contributed by atoms with E-state index in [1.807, 2.05) is 0 Å². The van der Waals surface area contributed by atoms with Crippen LogP contribution in [-0.2, 0) is 20.8 Å². The third kappa shape index (κ3) is 3.45. The highest BCUT2D eigenvalue weighted by Gasteiger charge is 2.47. The van der Waals surface area contributed by atoms with E-state index in [2.05, 4.69) is 4.98 Å². The minimum absolute atomic E-state index is 0.0657. The van der Waals surface area contributed by atoms with E-state index in [-0.39, 0.29) is 24.3 Å². The SMILES string of the molecule is CC1(S(=O)(=O)c2cccc(C(F)(F)F)c2)CCOC(c2nc(C3CC3)co2)C1. The number of oxazole rings is 1. The van der Waals surface area contributed by atoms with Crippen LogP contribution in [0.15, 0.2) is 39.8 Å². The van der Waals surface area contributed by atoms with Crippen molar-refractivity contribution in [2.24, 2.45) is 0 Å². The Kier molecular flexibility index (Phi) is 4.58. The van der Waals surface area contributed by atoms with Crippen molar-refractivity contribution in [3.63, 3.8) is 0 Å². The van der Waals surface area contributed by atoms with Gasteiger partial charge in [0.1, 0.15) is 12.4 Å². The van der Waals surface area contributed by atoms with Crippen LogP contribution in [0.5, 0.6) is 0 Å². The zero-order chi connectivity index (χ0) is 20.2. The lowest BCUT2D eigenvalue weighted by Crippen LogP contribution is -2.42. The number of ether oxygens (including phenoxy) is 1. The van der Waals surface area contributed by atoms with Crippen LogP contribution >= 0.6 is 0 Å². The van der Waals surface area contributed by atoms with E-state index in [9.17, 15) is 21.6 Å². The average molecular weight is 415 g/mol. The van der Waals surface area contributed by atoms with Crippen molar-refractivity contribution >= 4 is 9.84 Å². The van der Waals surface area contributed by atoms with Gasteiger partial charge in [-0.15, -0.1) is 0 Å². The summed E-state index contributed by atoms with van der Waals surface area (Å²) in [5.41, 5.74) is -0.144. The first-order valence-electron chi connectivity index (χ1n) is 9.09. The van der Waals surface area contributed by atoms with Crippen LogP contribution in [0.4, 0.5) is 13.2 Å². The van der Waals surface area contributed by atoms with Gasteiger partial charge < -0.3 is 9.15 Å². The molecular formula is C19H20F3NO4S. The second kappa shape index (κ2) is 6.59. The quantitative estimate of drug-likeness (QED) is 0.727. The van der Waals surface area contributed by atoms with Gasteiger partial charge in [-0.3, -0.25) is 0 Å². The summed E-state index contributed by atoms with van der Waals surface area (Å²) >= 11 is 0. The molecule has 1 aliphatic heterocycles. The Morgan fingerprint density at radius 2 is 2.00 bits per heavy atom. The summed E-state index contributed by atoms with van der Waals surface area (Å²) in [7, 11) is -4.03. The molecule has 2 heterocycles. The molecule has 5 nitrogen and oxygen atoms in total. The molecule has 1 saturated heterocycles. The second-order valence-electron chi connectivity index (χ2n) is 7.68. The molecule has 1 aromatic carbocycles. The molecule has 0 amide bonds. The van der Waals surface area contributed by atoms with Gasteiger partial charge in [-0.1, -0.05) is 6.07 Å². The molecule has 2 aromatic rings. The lowest BCUT2D eigenvalue weighted by molar-refractivity contribution is -0.137. The van der Waals surface area contributed by atoms with Gasteiger partial charge >= 0.3 is 6.18 Å². The summed E-state index contributed by atoms with van der Waals surface area (Å²) < 4.78 is 75.4. The molecule has 0 radical (unpaired) electrons. The summed E-state index contributed by atoms with van der Waals surface area (Å²) in [6, 6.07) is 3.88. The molecule has 152 valence electrons. The first-order valence-corrected chi connectivity index (χ1v) is 10.6. The second-order valence-corrected chi connectivity index (χ2v) is 10.1. The highest BCUT2D eigenvalue weighted by Crippen LogP contribution is 2.44. The highest BCUT2D eigenvalue weighted by atomic mass is 32.2. The summed E-state index contributed by atoms with van der Waals surface area (Å²) in [4.78, 5) is 4.09. The van der Waals surface area contributed by atoms with Gasteiger partial charge in [-0.05, 0) is 44.4 Å². The Balaban J connectivity index is 1.62. The van der Waals surface area contributed by atoms with Crippen LogP contribution < -0.4 is 0 Å². The molecule has 2 aliphatic rings. The normalized spacial score (nSPS) is 26.4. The number of benzene rings is 1. The van der Waals surface area contributed by atoms with Gasteiger partial charge in [0.05, 0.1) is 20.9 Å². The van der Waals surface area contributed by atoms with Crippen LogP contribution in [-0.4, -0.2) is 24.8 Å². The van der Waals surface area contributed by atoms with Gasteiger partial charge in [0.25, 0.3) is 0 Å². The van der Waals surface area contributed by atoms with E-state index < -0.39 is 32.4 Å². The van der Waals surface area contributed by atoms with Crippen molar-refractivity contribution < 1.29 is 30.7 Å². The lowest BCUT2D eigenvalue weighted by atomic mass is 9.96. The fourth-order valence-corrected chi connectivity index (χ4v) is 5.34. The summed E-state index contributed by atoms with van der Waals surface area (Å²) in [5.74, 6) is 0.716. The monoisotopic (exact) mass is 415 g/mol. The number of rotatable bonds is 4. The van der Waals surface area contributed by atoms with E-state index in [0.29, 0.717) is 17.9 Å². The number of hydrogen-bond acceptors (Lipinski definition) is 5. The van der Waals surface area contributed by atoms with E-state index in [4.69, 9.17) is 9.15 Å². The smallest absolute Gasteiger partial charge is 0.416 e. The van der Waals surface area contributed by atoms with E-state index in [0.717, 1.165) is 30.7 Å². The van der Waals surface area contributed by atoms with E-state index in [1.54, 1.807) is 13.2 Å². The molecule has 0 bridgehead atoms. The fraction of sp³-hybridized carbons (Fsp3) is 0.526. The molecule has 0 spiro atoms. The van der Waals surface area contributed by atoms with Gasteiger partial charge in [0, 0.05) is 18.9 Å². The van der Waals surface area contributed by atoms with Crippen LogP contribution in [0.1, 0.15) is 61.8 Å². The van der Waals surface area contributed by atoms with Crippen molar-refractivity contribution in [3.8, 4) is 0 Å². The zero-order valence-electron chi connectivity index (χ0n) is 15.2. The molecular weight excluding hydrogens is 395 g/mol. The predicted octanol–water partition coefficient (Wildman–Crippen LogP) is 4.65. The number of aromatic nitrogens is 1. The van der Waals surface area contributed by atoms with E-state index >= 15 is 0 Å². The molecule has 28 heavy (non-hydrogen) atoms. The Bertz CT molecular complexity index is 981. The van der Waals surface area contributed by atoms with Crippen LogP contribution in [0.3, 0.4) is 0 Å². The molecule has 1 saturated carbocycles. The summed E-state index contributed by atoms with van der Waals surface area (Å²) in [6.07, 6.45) is -1.33. The van der Waals surface area contributed by atoms with Gasteiger partial charge in [-0.2, -0.15) is 13.2 Å². The van der Waals surface area contributed by atoms with Gasteiger partial charge in [-0.25, -0.2) is 13.4 Å². The highest BCUT2D eigenvalue weighted by molar-refractivity contribution is 7.92. The largest absolute Gasteiger partial charge is 0.446 e. The Labute approximate surface area is 160 Å². The van der Waals surface area contributed by atoms with Crippen molar-refractivity contribution in [1.82, 2.24) is 4.98 Å². The molecule has 0 N–H and O–H groups in total. The Morgan fingerprint density at radius 3 is 2.68 bits per heavy atom. The zero-order valence-corrected chi connectivity index (χ0v) is 16.0. The van der Waals surface area contributed by atoms with Crippen LogP contribution in [0.25, 0.3) is 0 Å². The molecule has 2 unspecified atom stereocenters. The van der Waals surface area contributed by atoms with Crippen molar-refractivity contribution in [2.45, 2.75) is 60.4 Å².